The van der Waals surface area contributed by atoms with Gasteiger partial charge in [0.05, 0.1) is 17.4 Å². The molecule has 3 rings (SSSR count). The molecule has 1 aliphatic carbocycles. The Bertz CT molecular complexity index is 718. The van der Waals surface area contributed by atoms with Crippen molar-refractivity contribution in [1.82, 2.24) is 14.7 Å². The fraction of sp³-hybridized carbons (Fsp3) is 0.500. The van der Waals surface area contributed by atoms with E-state index in [0.717, 1.165) is 42.8 Å². The highest BCUT2D eigenvalue weighted by Gasteiger charge is 2.25. The summed E-state index contributed by atoms with van der Waals surface area (Å²) < 4.78 is 3.61. The van der Waals surface area contributed by atoms with E-state index in [0.29, 0.717) is 12.5 Å². The van der Waals surface area contributed by atoms with Crippen molar-refractivity contribution in [3.05, 3.63) is 51.9 Å². The lowest BCUT2D eigenvalue weighted by Gasteiger charge is -2.14. The fourth-order valence-corrected chi connectivity index (χ4v) is 3.47. The van der Waals surface area contributed by atoms with Gasteiger partial charge in [-0.1, -0.05) is 24.6 Å². The minimum Gasteiger partial charge on any atom is -0.393 e. The van der Waals surface area contributed by atoms with Crippen LogP contribution < -0.4 is 10.9 Å². The smallest absolute Gasteiger partial charge is 0.276 e. The molecular formula is C18H25N3O2. The Morgan fingerprint density at radius 2 is 2.00 bits per heavy atom. The number of hydrogen-bond acceptors (Lipinski definition) is 3. The summed E-state index contributed by atoms with van der Waals surface area (Å²) in [4.78, 5) is 12.8. The first-order valence-electron chi connectivity index (χ1n) is 8.31. The number of nitrogens with zero attached hydrogens (tertiary/aromatic N) is 2. The van der Waals surface area contributed by atoms with E-state index in [9.17, 15) is 9.90 Å². The molecule has 1 heterocycles. The maximum Gasteiger partial charge on any atom is 0.276 e. The third-order valence-corrected chi connectivity index (χ3v) is 5.00. The second-order valence-corrected chi connectivity index (χ2v) is 6.43. The lowest BCUT2D eigenvalue weighted by Crippen LogP contribution is -2.29. The lowest BCUT2D eigenvalue weighted by molar-refractivity contribution is 0.131. The number of para-hydroxylation sites is 1. The van der Waals surface area contributed by atoms with Gasteiger partial charge in [-0.05, 0) is 37.8 Å². The van der Waals surface area contributed by atoms with Crippen LogP contribution in [0.3, 0.4) is 0 Å². The van der Waals surface area contributed by atoms with Crippen LogP contribution in [0, 0.1) is 12.8 Å². The van der Waals surface area contributed by atoms with Crippen LogP contribution in [0.2, 0.25) is 0 Å². The first kappa shape index (κ1) is 16.0. The van der Waals surface area contributed by atoms with Gasteiger partial charge < -0.3 is 10.4 Å². The highest BCUT2D eigenvalue weighted by atomic mass is 16.3. The fourth-order valence-electron chi connectivity index (χ4n) is 3.47. The summed E-state index contributed by atoms with van der Waals surface area (Å²) in [5.41, 5.74) is 2.67. The van der Waals surface area contributed by atoms with Crippen molar-refractivity contribution >= 4 is 0 Å². The Labute approximate surface area is 136 Å². The number of aliphatic hydroxyl groups is 1. The molecule has 0 amide bonds. The topological polar surface area (TPSA) is 59.2 Å². The van der Waals surface area contributed by atoms with Crippen molar-refractivity contribution < 1.29 is 5.11 Å². The second kappa shape index (κ2) is 6.72. The number of aromatic nitrogens is 2. The van der Waals surface area contributed by atoms with Crippen molar-refractivity contribution in [2.75, 3.05) is 6.54 Å². The molecule has 0 spiro atoms. The van der Waals surface area contributed by atoms with E-state index in [1.54, 1.807) is 4.68 Å². The standard InChI is InChI=1S/C18H25N3O2/c1-13-16(12-19-11-14-7-6-10-17(14)22)18(23)21(20(13)2)15-8-4-3-5-9-15/h3-5,8-9,14,17,19,22H,6-7,10-12H2,1-2H3. The van der Waals surface area contributed by atoms with Crippen LogP contribution in [0.15, 0.2) is 35.1 Å². The molecule has 0 bridgehead atoms. The van der Waals surface area contributed by atoms with Gasteiger partial charge in [0.15, 0.2) is 0 Å². The molecule has 1 aliphatic rings. The largest absolute Gasteiger partial charge is 0.393 e. The quantitative estimate of drug-likeness (QED) is 0.883. The highest BCUT2D eigenvalue weighted by molar-refractivity contribution is 5.33. The first-order chi connectivity index (χ1) is 11.1. The molecule has 5 nitrogen and oxygen atoms in total. The molecule has 2 aromatic rings. The molecule has 124 valence electrons. The Balaban J connectivity index is 1.77. The van der Waals surface area contributed by atoms with Crippen molar-refractivity contribution in [3.63, 3.8) is 0 Å². The van der Waals surface area contributed by atoms with Crippen molar-refractivity contribution in [1.29, 1.82) is 0 Å². The van der Waals surface area contributed by atoms with Crippen LogP contribution in [0.5, 0.6) is 0 Å². The molecule has 2 N–H and O–H groups in total. The van der Waals surface area contributed by atoms with Gasteiger partial charge in [0.2, 0.25) is 0 Å². The van der Waals surface area contributed by atoms with Crippen LogP contribution in [-0.4, -0.2) is 27.1 Å². The normalized spacial score (nSPS) is 21.0. The summed E-state index contributed by atoms with van der Waals surface area (Å²) in [6, 6.07) is 9.69. The third kappa shape index (κ3) is 3.12. The zero-order valence-electron chi connectivity index (χ0n) is 13.8. The van der Waals surface area contributed by atoms with Gasteiger partial charge >= 0.3 is 0 Å². The van der Waals surface area contributed by atoms with E-state index >= 15 is 0 Å². The average molecular weight is 315 g/mol. The minimum absolute atomic E-state index is 0.0238. The maximum atomic E-state index is 12.8. The van der Waals surface area contributed by atoms with Gasteiger partial charge in [-0.25, -0.2) is 4.68 Å². The summed E-state index contributed by atoms with van der Waals surface area (Å²) in [5, 5.41) is 13.2. The highest BCUT2D eigenvalue weighted by Crippen LogP contribution is 2.24. The molecule has 1 fully saturated rings. The Morgan fingerprint density at radius 1 is 1.26 bits per heavy atom. The number of nitrogens with one attached hydrogen (secondary N) is 1. The molecule has 0 radical (unpaired) electrons. The minimum atomic E-state index is -0.194. The predicted molar refractivity (Wildman–Crippen MR) is 90.8 cm³/mol. The van der Waals surface area contributed by atoms with Crippen molar-refractivity contribution in [3.8, 4) is 5.69 Å². The summed E-state index contributed by atoms with van der Waals surface area (Å²) >= 11 is 0. The molecule has 2 unspecified atom stereocenters. The van der Waals surface area contributed by atoms with Crippen LogP contribution in [0.4, 0.5) is 0 Å². The van der Waals surface area contributed by atoms with Crippen LogP contribution in [-0.2, 0) is 13.6 Å². The summed E-state index contributed by atoms with van der Waals surface area (Å²) in [6.45, 7) is 3.28. The third-order valence-electron chi connectivity index (χ3n) is 5.00. The molecule has 2 atom stereocenters. The van der Waals surface area contributed by atoms with Gasteiger partial charge in [0.25, 0.3) is 5.56 Å². The number of rotatable bonds is 5. The summed E-state index contributed by atoms with van der Waals surface area (Å²) in [7, 11) is 1.91. The van der Waals surface area contributed by atoms with Gasteiger partial charge in [-0.3, -0.25) is 9.48 Å². The number of hydrogen-bond donors (Lipinski definition) is 2. The number of benzene rings is 1. The molecule has 0 saturated heterocycles. The Kier molecular flexibility index (Phi) is 4.68. The summed E-state index contributed by atoms with van der Waals surface area (Å²) in [6.07, 6.45) is 2.87. The Morgan fingerprint density at radius 3 is 2.65 bits per heavy atom. The first-order valence-corrected chi connectivity index (χ1v) is 8.31. The SMILES string of the molecule is Cc1c(CNCC2CCCC2O)c(=O)n(-c2ccccc2)n1C. The number of aliphatic hydroxyl groups excluding tert-OH is 1. The van der Waals surface area contributed by atoms with E-state index < -0.39 is 0 Å². The molecule has 0 aliphatic heterocycles. The summed E-state index contributed by atoms with van der Waals surface area (Å²) in [5.74, 6) is 0.315. The predicted octanol–water partition coefficient (Wildman–Crippen LogP) is 1.74. The van der Waals surface area contributed by atoms with Gasteiger partial charge in [-0.15, -0.1) is 0 Å². The van der Waals surface area contributed by atoms with Gasteiger partial charge in [0.1, 0.15) is 0 Å². The molecule has 1 aromatic heterocycles. The molecule has 23 heavy (non-hydrogen) atoms. The molecule has 1 saturated carbocycles. The maximum absolute atomic E-state index is 12.8. The van der Waals surface area contributed by atoms with Crippen molar-refractivity contribution in [2.24, 2.45) is 13.0 Å². The van der Waals surface area contributed by atoms with E-state index in [4.69, 9.17) is 0 Å². The van der Waals surface area contributed by atoms with Crippen LogP contribution in [0.25, 0.3) is 5.69 Å². The average Bonchev–Trinajstić information content (AvgIpc) is 3.05. The van der Waals surface area contributed by atoms with Crippen molar-refractivity contribution in [2.45, 2.75) is 38.8 Å². The van der Waals surface area contributed by atoms with Gasteiger partial charge in [-0.2, -0.15) is 0 Å². The van der Waals surface area contributed by atoms with E-state index in [1.807, 2.05) is 49.0 Å². The zero-order chi connectivity index (χ0) is 16.4. The molecular weight excluding hydrogens is 290 g/mol. The van der Waals surface area contributed by atoms with Crippen LogP contribution >= 0.6 is 0 Å². The molecule has 5 heteroatoms. The van der Waals surface area contributed by atoms with E-state index in [2.05, 4.69) is 5.32 Å². The zero-order valence-corrected chi connectivity index (χ0v) is 13.8. The van der Waals surface area contributed by atoms with E-state index in [1.165, 1.54) is 0 Å². The monoisotopic (exact) mass is 315 g/mol. The Hall–Kier alpha value is -1.85. The molecule has 1 aromatic carbocycles. The van der Waals surface area contributed by atoms with Crippen LogP contribution in [0.1, 0.15) is 30.5 Å². The lowest BCUT2D eigenvalue weighted by atomic mass is 10.1. The van der Waals surface area contributed by atoms with E-state index in [-0.39, 0.29) is 11.7 Å². The second-order valence-electron chi connectivity index (χ2n) is 6.43. The van der Waals surface area contributed by atoms with Gasteiger partial charge in [0, 0.05) is 25.8 Å².